The number of hydrogen-bond donors (Lipinski definition) is 3. The number of hydrogen-bond acceptors (Lipinski definition) is 7. The molecule has 35 heavy (non-hydrogen) atoms. The molecule has 2 aliphatic rings. The first-order chi connectivity index (χ1) is 17.1. The highest BCUT2D eigenvalue weighted by molar-refractivity contribution is 7.18. The van der Waals surface area contributed by atoms with E-state index in [2.05, 4.69) is 28.4 Å². The molecule has 1 aromatic heterocycles. The topological polar surface area (TPSA) is 102 Å². The van der Waals surface area contributed by atoms with Gasteiger partial charge in [0.05, 0.1) is 27.0 Å². The number of halogens is 1. The molecule has 0 aliphatic carbocycles. The van der Waals surface area contributed by atoms with E-state index in [0.717, 1.165) is 44.9 Å². The molecular formula is C27H23FN6S. The summed E-state index contributed by atoms with van der Waals surface area (Å²) in [7, 11) is 0. The van der Waals surface area contributed by atoms with Crippen molar-refractivity contribution in [2.24, 2.45) is 5.73 Å². The molecule has 3 heterocycles. The molecule has 0 radical (unpaired) electrons. The van der Waals surface area contributed by atoms with Gasteiger partial charge in [-0.05, 0) is 54.5 Å². The zero-order valence-corrected chi connectivity index (χ0v) is 19.6. The Bertz CT molecular complexity index is 1460. The number of benzene rings is 2. The summed E-state index contributed by atoms with van der Waals surface area (Å²) in [5.41, 5.74) is 11.8. The van der Waals surface area contributed by atoms with E-state index in [1.54, 1.807) is 23.5 Å². The van der Waals surface area contributed by atoms with E-state index in [1.807, 2.05) is 30.6 Å². The van der Waals surface area contributed by atoms with Crippen molar-refractivity contribution in [3.8, 4) is 6.07 Å². The van der Waals surface area contributed by atoms with Crippen molar-refractivity contribution in [1.82, 2.24) is 15.2 Å². The van der Waals surface area contributed by atoms with E-state index in [4.69, 9.17) is 21.4 Å². The smallest absolute Gasteiger partial charge is 0.123 e. The van der Waals surface area contributed by atoms with Crippen molar-refractivity contribution in [2.75, 3.05) is 0 Å². The number of unbranched alkanes of at least 4 members (excludes halogenated alkanes) is 1. The first kappa shape index (κ1) is 22.6. The van der Waals surface area contributed by atoms with Gasteiger partial charge in [0.15, 0.2) is 0 Å². The van der Waals surface area contributed by atoms with Crippen LogP contribution in [0.4, 0.5) is 4.39 Å². The number of rotatable bonds is 7. The van der Waals surface area contributed by atoms with Crippen LogP contribution in [0.3, 0.4) is 0 Å². The van der Waals surface area contributed by atoms with Crippen molar-refractivity contribution in [3.05, 3.63) is 100 Å². The number of nitrogens with two attached hydrogens (primary N) is 1. The summed E-state index contributed by atoms with van der Waals surface area (Å²) in [6.07, 6.45) is 11.3. The van der Waals surface area contributed by atoms with E-state index < -0.39 is 0 Å². The second-order valence-electron chi connectivity index (χ2n) is 8.27. The summed E-state index contributed by atoms with van der Waals surface area (Å²) in [5, 5.41) is 21.2. The quantitative estimate of drug-likeness (QED) is 0.314. The minimum absolute atomic E-state index is 0.0357. The Kier molecular flexibility index (Phi) is 6.17. The van der Waals surface area contributed by atoms with Gasteiger partial charge in [0.1, 0.15) is 12.0 Å². The predicted octanol–water partition coefficient (Wildman–Crippen LogP) is 5.28. The number of nitrogens with zero attached hydrogens (tertiary/aromatic N) is 3. The highest BCUT2D eigenvalue weighted by Crippen LogP contribution is 2.34. The maximum Gasteiger partial charge on any atom is 0.123 e. The fourth-order valence-corrected chi connectivity index (χ4v) is 5.25. The van der Waals surface area contributed by atoms with Crippen molar-refractivity contribution in [1.29, 1.82) is 10.7 Å². The summed E-state index contributed by atoms with van der Waals surface area (Å²) < 4.78 is 14.5. The van der Waals surface area contributed by atoms with E-state index in [1.165, 1.54) is 18.3 Å². The monoisotopic (exact) mass is 482 g/mol. The average molecular weight is 483 g/mol. The molecule has 8 heteroatoms. The third-order valence-corrected chi connectivity index (χ3v) is 7.09. The van der Waals surface area contributed by atoms with Crippen molar-refractivity contribution >= 4 is 39.2 Å². The summed E-state index contributed by atoms with van der Waals surface area (Å²) in [6, 6.07) is 14.4. The van der Waals surface area contributed by atoms with Gasteiger partial charge in [-0.25, -0.2) is 9.37 Å². The lowest BCUT2D eigenvalue weighted by molar-refractivity contribution is 0.439. The van der Waals surface area contributed by atoms with Gasteiger partial charge in [0, 0.05) is 53.9 Å². The fourth-order valence-electron chi connectivity index (χ4n) is 4.21. The van der Waals surface area contributed by atoms with Crippen LogP contribution in [0.25, 0.3) is 21.6 Å². The van der Waals surface area contributed by atoms with Gasteiger partial charge >= 0.3 is 0 Å². The molecule has 3 aromatic rings. The second kappa shape index (κ2) is 9.57. The van der Waals surface area contributed by atoms with E-state index in [9.17, 15) is 4.39 Å². The number of allylic oxidation sites excluding steroid dienone is 3. The Labute approximate surface area is 206 Å². The normalized spacial score (nSPS) is 17.3. The number of aryl methyl sites for hydroxylation is 1. The van der Waals surface area contributed by atoms with Crippen LogP contribution in [0.5, 0.6) is 0 Å². The van der Waals surface area contributed by atoms with Crippen LogP contribution in [-0.2, 0) is 6.42 Å². The van der Waals surface area contributed by atoms with Gasteiger partial charge in [-0.1, -0.05) is 12.1 Å². The van der Waals surface area contributed by atoms with Crippen molar-refractivity contribution in [3.63, 3.8) is 0 Å². The van der Waals surface area contributed by atoms with Gasteiger partial charge in [-0.3, -0.25) is 0 Å². The van der Waals surface area contributed by atoms with Gasteiger partial charge in [-0.2, -0.15) is 5.26 Å². The lowest BCUT2D eigenvalue weighted by atomic mass is 9.98. The van der Waals surface area contributed by atoms with Crippen LogP contribution in [0.15, 0.2) is 78.2 Å². The third kappa shape index (κ3) is 4.46. The molecule has 5 rings (SSSR count). The second-order valence-corrected chi connectivity index (χ2v) is 9.39. The summed E-state index contributed by atoms with van der Waals surface area (Å²) in [4.78, 5) is 6.82. The Morgan fingerprint density at radius 1 is 1.29 bits per heavy atom. The Morgan fingerprint density at radius 3 is 2.89 bits per heavy atom. The summed E-state index contributed by atoms with van der Waals surface area (Å²) >= 11 is 1.67. The molecule has 4 N–H and O–H groups in total. The molecule has 0 saturated heterocycles. The SMILES string of the molecule is N#CCCCc1nc2ccc(C3=CNC4C=CC(C(C=N)=C(N)c5ccc(F)cc5)=CN34)cc2s1. The molecule has 6 nitrogen and oxygen atoms in total. The fraction of sp³-hybridized carbons (Fsp3) is 0.148. The first-order valence-electron chi connectivity index (χ1n) is 11.3. The predicted molar refractivity (Wildman–Crippen MR) is 138 cm³/mol. The lowest BCUT2D eigenvalue weighted by Gasteiger charge is -2.28. The van der Waals surface area contributed by atoms with Gasteiger partial charge in [0.25, 0.3) is 0 Å². The molecule has 1 atom stereocenters. The molecule has 2 aromatic carbocycles. The van der Waals surface area contributed by atoms with Crippen LogP contribution < -0.4 is 11.1 Å². The lowest BCUT2D eigenvalue weighted by Crippen LogP contribution is -2.33. The molecule has 1 unspecified atom stereocenters. The van der Waals surface area contributed by atoms with Gasteiger partial charge in [0.2, 0.25) is 0 Å². The molecule has 2 aliphatic heterocycles. The number of nitriles is 1. The highest BCUT2D eigenvalue weighted by Gasteiger charge is 2.27. The van der Waals surface area contributed by atoms with Crippen LogP contribution >= 0.6 is 11.3 Å². The third-order valence-electron chi connectivity index (χ3n) is 6.01. The van der Waals surface area contributed by atoms with E-state index >= 15 is 0 Å². The number of nitrogens with one attached hydrogen (secondary N) is 2. The van der Waals surface area contributed by atoms with Crippen molar-refractivity contribution < 1.29 is 4.39 Å². The minimum Gasteiger partial charge on any atom is -0.398 e. The zero-order chi connectivity index (χ0) is 24.4. The highest BCUT2D eigenvalue weighted by atomic mass is 32.1. The molecular weight excluding hydrogens is 459 g/mol. The molecule has 0 fully saturated rings. The molecule has 0 amide bonds. The van der Waals surface area contributed by atoms with Gasteiger partial charge in [-0.15, -0.1) is 11.3 Å². The van der Waals surface area contributed by atoms with E-state index in [-0.39, 0.29) is 12.0 Å². The maximum atomic E-state index is 13.3. The minimum atomic E-state index is -0.331. The number of fused-ring (bicyclic) bond motifs is 2. The van der Waals surface area contributed by atoms with E-state index in [0.29, 0.717) is 23.3 Å². The molecule has 0 bridgehead atoms. The van der Waals surface area contributed by atoms with Crippen molar-refractivity contribution in [2.45, 2.75) is 25.4 Å². The maximum absolute atomic E-state index is 13.3. The number of thiazole rings is 1. The number of aromatic nitrogens is 1. The van der Waals surface area contributed by atoms with Gasteiger partial charge < -0.3 is 21.4 Å². The Morgan fingerprint density at radius 2 is 2.11 bits per heavy atom. The molecule has 0 saturated carbocycles. The molecule has 0 spiro atoms. The largest absolute Gasteiger partial charge is 0.398 e. The zero-order valence-electron chi connectivity index (χ0n) is 18.8. The summed E-state index contributed by atoms with van der Waals surface area (Å²) in [6.45, 7) is 0. The average Bonchev–Trinajstić information content (AvgIpc) is 3.48. The standard InChI is InChI=1S/C27H23FN6S/c28-20-8-4-17(5-9-20)27(31)21(14-30)19-7-11-25-32-15-23(34(25)16-19)18-6-10-22-24(13-18)35-26(33-22)3-1-2-12-29/h4-11,13-16,25,30,32H,1-3,31H2. The first-order valence-corrected chi connectivity index (χ1v) is 12.1. The molecule has 174 valence electrons. The Hall–Kier alpha value is -4.22. The summed E-state index contributed by atoms with van der Waals surface area (Å²) in [5.74, 6) is -0.331. The van der Waals surface area contributed by atoms with Crippen LogP contribution in [0.2, 0.25) is 0 Å². The van der Waals surface area contributed by atoms with Crippen LogP contribution in [0, 0.1) is 22.6 Å². The van der Waals surface area contributed by atoms with Crippen LogP contribution in [-0.4, -0.2) is 22.3 Å². The Balaban J connectivity index is 1.44. The van der Waals surface area contributed by atoms with Crippen LogP contribution in [0.1, 0.15) is 29.0 Å².